The standard InChI is InChI=1S/C26H24ClNO5/c1-3-7-23(16-8-5-4-6-9-16)28-24(29)19-14-22(26(32)33)20(12-15(19)2)21-13-17(27)10-11-18(21)25(30)31/h4-6,8-14,23H,3,7H2,1-2H3,(H,28,29)(H,30,31)(H,32,33). The largest absolute Gasteiger partial charge is 0.478 e. The van der Waals surface area contributed by atoms with Crippen LogP contribution in [0.15, 0.2) is 60.7 Å². The van der Waals surface area contributed by atoms with E-state index in [1.807, 2.05) is 37.3 Å². The number of aryl methyl sites for hydroxylation is 1. The minimum absolute atomic E-state index is 0.0782. The topological polar surface area (TPSA) is 104 Å². The van der Waals surface area contributed by atoms with Crippen LogP contribution >= 0.6 is 11.6 Å². The van der Waals surface area contributed by atoms with Crippen LogP contribution in [0.4, 0.5) is 0 Å². The number of carbonyl (C=O) groups excluding carboxylic acids is 1. The Kier molecular flexibility index (Phi) is 7.51. The first-order chi connectivity index (χ1) is 15.7. The first-order valence-electron chi connectivity index (χ1n) is 10.5. The molecule has 0 bridgehead atoms. The van der Waals surface area contributed by atoms with Gasteiger partial charge in [-0.25, -0.2) is 9.59 Å². The molecular formula is C26H24ClNO5. The zero-order chi connectivity index (χ0) is 24.1. The lowest BCUT2D eigenvalue weighted by molar-refractivity contribution is 0.0684. The zero-order valence-electron chi connectivity index (χ0n) is 18.3. The summed E-state index contributed by atoms with van der Waals surface area (Å²) in [6.45, 7) is 3.71. The maximum absolute atomic E-state index is 13.2. The number of nitrogens with one attached hydrogen (secondary N) is 1. The lowest BCUT2D eigenvalue weighted by Gasteiger charge is -2.20. The molecule has 0 saturated carbocycles. The molecule has 1 atom stereocenters. The highest BCUT2D eigenvalue weighted by atomic mass is 35.5. The van der Waals surface area contributed by atoms with Crippen molar-refractivity contribution in [1.82, 2.24) is 5.32 Å². The summed E-state index contributed by atoms with van der Waals surface area (Å²) < 4.78 is 0. The predicted octanol–water partition coefficient (Wildman–Crippen LogP) is 5.98. The van der Waals surface area contributed by atoms with Gasteiger partial charge >= 0.3 is 11.9 Å². The molecular weight excluding hydrogens is 442 g/mol. The number of benzene rings is 3. The van der Waals surface area contributed by atoms with Gasteiger partial charge in [-0.3, -0.25) is 4.79 Å². The van der Waals surface area contributed by atoms with Crippen LogP contribution in [0.2, 0.25) is 5.02 Å². The van der Waals surface area contributed by atoms with Crippen molar-refractivity contribution in [3.63, 3.8) is 0 Å². The molecule has 0 fully saturated rings. The highest BCUT2D eigenvalue weighted by Crippen LogP contribution is 2.32. The fourth-order valence-corrected chi connectivity index (χ4v) is 3.98. The lowest BCUT2D eigenvalue weighted by Crippen LogP contribution is -2.29. The second-order valence-corrected chi connectivity index (χ2v) is 8.17. The molecule has 3 N–H and O–H groups in total. The monoisotopic (exact) mass is 465 g/mol. The van der Waals surface area contributed by atoms with E-state index in [9.17, 15) is 24.6 Å². The van der Waals surface area contributed by atoms with Gasteiger partial charge < -0.3 is 15.5 Å². The number of hydrogen-bond acceptors (Lipinski definition) is 3. The number of amides is 1. The van der Waals surface area contributed by atoms with E-state index in [1.54, 1.807) is 6.92 Å². The van der Waals surface area contributed by atoms with Crippen LogP contribution < -0.4 is 5.32 Å². The number of hydrogen-bond donors (Lipinski definition) is 3. The summed E-state index contributed by atoms with van der Waals surface area (Å²) in [5.74, 6) is -2.88. The first-order valence-corrected chi connectivity index (χ1v) is 10.9. The van der Waals surface area contributed by atoms with Gasteiger partial charge in [0.25, 0.3) is 5.91 Å². The van der Waals surface area contributed by atoms with Gasteiger partial charge in [-0.15, -0.1) is 0 Å². The zero-order valence-corrected chi connectivity index (χ0v) is 19.0. The van der Waals surface area contributed by atoms with Crippen LogP contribution in [0.25, 0.3) is 11.1 Å². The molecule has 0 saturated heterocycles. The van der Waals surface area contributed by atoms with Gasteiger partial charge in [0.1, 0.15) is 0 Å². The summed E-state index contributed by atoms with van der Waals surface area (Å²) in [4.78, 5) is 36.9. The molecule has 3 aromatic rings. The van der Waals surface area contributed by atoms with Crippen molar-refractivity contribution in [2.75, 3.05) is 0 Å². The molecule has 0 spiro atoms. The van der Waals surface area contributed by atoms with Crippen LogP contribution in [0.5, 0.6) is 0 Å². The fraction of sp³-hybridized carbons (Fsp3) is 0.192. The van der Waals surface area contributed by atoms with Crippen molar-refractivity contribution in [3.05, 3.63) is 93.5 Å². The molecule has 7 heteroatoms. The minimum atomic E-state index is -1.27. The van der Waals surface area contributed by atoms with E-state index < -0.39 is 17.8 Å². The average molecular weight is 466 g/mol. The van der Waals surface area contributed by atoms with Crippen molar-refractivity contribution in [2.24, 2.45) is 0 Å². The second kappa shape index (κ2) is 10.3. The Morgan fingerprint density at radius 1 is 0.879 bits per heavy atom. The Hall–Kier alpha value is -3.64. The number of aromatic carboxylic acids is 2. The van der Waals surface area contributed by atoms with Gasteiger partial charge in [-0.2, -0.15) is 0 Å². The van der Waals surface area contributed by atoms with Crippen molar-refractivity contribution in [2.45, 2.75) is 32.7 Å². The molecule has 33 heavy (non-hydrogen) atoms. The molecule has 0 aliphatic rings. The Morgan fingerprint density at radius 3 is 2.12 bits per heavy atom. The fourth-order valence-electron chi connectivity index (χ4n) is 3.81. The Morgan fingerprint density at radius 2 is 1.52 bits per heavy atom. The van der Waals surface area contributed by atoms with E-state index in [4.69, 9.17) is 11.6 Å². The summed E-state index contributed by atoms with van der Waals surface area (Å²) in [5, 5.41) is 22.7. The lowest BCUT2D eigenvalue weighted by atomic mass is 9.91. The molecule has 0 aromatic heterocycles. The number of carbonyl (C=O) groups is 3. The molecule has 0 heterocycles. The molecule has 0 aliphatic heterocycles. The number of halogens is 1. The van der Waals surface area contributed by atoms with E-state index in [-0.39, 0.29) is 38.9 Å². The van der Waals surface area contributed by atoms with Crippen molar-refractivity contribution >= 4 is 29.4 Å². The summed E-state index contributed by atoms with van der Waals surface area (Å²) in [7, 11) is 0. The Balaban J connectivity index is 2.07. The summed E-state index contributed by atoms with van der Waals surface area (Å²) in [6, 6.07) is 16.3. The smallest absolute Gasteiger partial charge is 0.336 e. The molecule has 6 nitrogen and oxygen atoms in total. The Bertz CT molecular complexity index is 1210. The van der Waals surface area contributed by atoms with Crippen LogP contribution in [0, 0.1) is 6.92 Å². The van der Waals surface area contributed by atoms with Crippen LogP contribution in [-0.2, 0) is 0 Å². The van der Waals surface area contributed by atoms with E-state index in [1.165, 1.54) is 30.3 Å². The molecule has 0 aliphatic carbocycles. The van der Waals surface area contributed by atoms with Crippen LogP contribution in [0.1, 0.15) is 68.0 Å². The van der Waals surface area contributed by atoms with Crippen molar-refractivity contribution in [3.8, 4) is 11.1 Å². The third-order valence-electron chi connectivity index (χ3n) is 5.43. The van der Waals surface area contributed by atoms with Crippen molar-refractivity contribution < 1.29 is 24.6 Å². The third kappa shape index (κ3) is 5.41. The number of rotatable bonds is 8. The number of carboxylic acid groups (broad SMARTS) is 2. The van der Waals surface area contributed by atoms with Gasteiger partial charge in [0, 0.05) is 10.6 Å². The minimum Gasteiger partial charge on any atom is -0.478 e. The van der Waals surface area contributed by atoms with Gasteiger partial charge in [0.05, 0.1) is 17.2 Å². The summed E-state index contributed by atoms with van der Waals surface area (Å²) >= 11 is 6.07. The SMILES string of the molecule is CCCC(NC(=O)c1cc(C(=O)O)c(-c2cc(Cl)ccc2C(=O)O)cc1C)c1ccccc1. The van der Waals surface area contributed by atoms with E-state index in [2.05, 4.69) is 5.32 Å². The summed E-state index contributed by atoms with van der Waals surface area (Å²) in [5.41, 5.74) is 1.80. The third-order valence-corrected chi connectivity index (χ3v) is 5.66. The van der Waals surface area contributed by atoms with E-state index >= 15 is 0 Å². The van der Waals surface area contributed by atoms with E-state index in [0.29, 0.717) is 5.56 Å². The van der Waals surface area contributed by atoms with Gasteiger partial charge in [0.15, 0.2) is 0 Å². The summed E-state index contributed by atoms with van der Waals surface area (Å²) in [6.07, 6.45) is 1.58. The highest BCUT2D eigenvalue weighted by Gasteiger charge is 2.23. The molecule has 170 valence electrons. The molecule has 0 radical (unpaired) electrons. The predicted molar refractivity (Wildman–Crippen MR) is 127 cm³/mol. The average Bonchev–Trinajstić information content (AvgIpc) is 2.78. The van der Waals surface area contributed by atoms with E-state index in [0.717, 1.165) is 18.4 Å². The normalized spacial score (nSPS) is 11.6. The highest BCUT2D eigenvalue weighted by molar-refractivity contribution is 6.31. The molecule has 3 aromatic carbocycles. The van der Waals surface area contributed by atoms with Gasteiger partial charge in [-0.1, -0.05) is 55.3 Å². The Labute approximate surface area is 196 Å². The maximum Gasteiger partial charge on any atom is 0.336 e. The van der Waals surface area contributed by atoms with Gasteiger partial charge in [-0.05, 0) is 65.9 Å². The van der Waals surface area contributed by atoms with Crippen LogP contribution in [0.3, 0.4) is 0 Å². The van der Waals surface area contributed by atoms with Crippen molar-refractivity contribution in [1.29, 1.82) is 0 Å². The van der Waals surface area contributed by atoms with Gasteiger partial charge in [0.2, 0.25) is 0 Å². The quantitative estimate of drug-likeness (QED) is 0.379. The molecule has 3 rings (SSSR count). The molecule has 1 unspecified atom stereocenters. The second-order valence-electron chi connectivity index (χ2n) is 7.74. The first kappa shape index (κ1) is 24.0. The molecule has 1 amide bonds. The van der Waals surface area contributed by atoms with Crippen LogP contribution in [-0.4, -0.2) is 28.1 Å². The maximum atomic E-state index is 13.2. The number of carboxylic acids is 2.